The SMILES string of the molecule is COC(OC)C(C)NC(=O)C1C2CCC(C2)C1N. The lowest BCUT2D eigenvalue weighted by Crippen LogP contribution is -2.50. The van der Waals surface area contributed by atoms with Crippen molar-refractivity contribution in [1.82, 2.24) is 5.32 Å². The summed E-state index contributed by atoms with van der Waals surface area (Å²) < 4.78 is 10.3. The van der Waals surface area contributed by atoms with Crippen molar-refractivity contribution < 1.29 is 14.3 Å². The van der Waals surface area contributed by atoms with Gasteiger partial charge in [0, 0.05) is 20.3 Å². The van der Waals surface area contributed by atoms with Gasteiger partial charge in [-0.05, 0) is 38.0 Å². The van der Waals surface area contributed by atoms with E-state index in [1.807, 2.05) is 6.92 Å². The summed E-state index contributed by atoms with van der Waals surface area (Å²) in [5, 5.41) is 2.97. The zero-order valence-corrected chi connectivity index (χ0v) is 11.4. The van der Waals surface area contributed by atoms with Crippen molar-refractivity contribution in [2.45, 2.75) is 44.6 Å². The van der Waals surface area contributed by atoms with Crippen molar-refractivity contribution in [3.63, 3.8) is 0 Å². The Labute approximate surface area is 108 Å². The summed E-state index contributed by atoms with van der Waals surface area (Å²) in [5.74, 6) is 1.05. The topological polar surface area (TPSA) is 73.6 Å². The molecule has 5 heteroatoms. The fraction of sp³-hybridized carbons (Fsp3) is 0.923. The van der Waals surface area contributed by atoms with Gasteiger partial charge in [-0.1, -0.05) is 0 Å². The number of amides is 1. The molecule has 104 valence electrons. The van der Waals surface area contributed by atoms with Crippen molar-refractivity contribution in [2.24, 2.45) is 23.5 Å². The molecule has 0 radical (unpaired) electrons. The molecule has 0 aromatic carbocycles. The van der Waals surface area contributed by atoms with E-state index in [1.165, 1.54) is 6.42 Å². The lowest BCUT2D eigenvalue weighted by atomic mass is 9.84. The molecule has 0 aliphatic heterocycles. The molecule has 0 aromatic rings. The first kappa shape index (κ1) is 13.8. The Morgan fingerprint density at radius 2 is 1.89 bits per heavy atom. The second-order valence-electron chi connectivity index (χ2n) is 5.57. The third kappa shape index (κ3) is 2.39. The summed E-state index contributed by atoms with van der Waals surface area (Å²) in [6.07, 6.45) is 3.03. The number of carbonyl (C=O) groups excluding carboxylic acids is 1. The highest BCUT2D eigenvalue weighted by atomic mass is 16.7. The highest BCUT2D eigenvalue weighted by Crippen LogP contribution is 2.47. The van der Waals surface area contributed by atoms with Crippen molar-refractivity contribution in [3.05, 3.63) is 0 Å². The standard InChI is InChI=1S/C13H24N2O3/c1-7(13(17-2)18-3)15-12(16)10-8-4-5-9(6-8)11(10)14/h7-11,13H,4-6,14H2,1-3H3,(H,15,16). The summed E-state index contributed by atoms with van der Waals surface area (Å²) in [6.45, 7) is 1.88. The fourth-order valence-corrected chi connectivity index (χ4v) is 3.62. The van der Waals surface area contributed by atoms with Crippen LogP contribution in [-0.2, 0) is 14.3 Å². The van der Waals surface area contributed by atoms with Gasteiger partial charge in [0.05, 0.1) is 12.0 Å². The number of carbonyl (C=O) groups is 1. The normalized spacial score (nSPS) is 36.1. The van der Waals surface area contributed by atoms with Gasteiger partial charge in [0.1, 0.15) is 0 Å². The summed E-state index contributed by atoms with van der Waals surface area (Å²) in [6, 6.07) is -0.140. The van der Waals surface area contributed by atoms with E-state index in [4.69, 9.17) is 15.2 Å². The molecule has 2 aliphatic rings. The van der Waals surface area contributed by atoms with Gasteiger partial charge in [0.15, 0.2) is 6.29 Å². The molecule has 2 fully saturated rings. The number of rotatable bonds is 5. The lowest BCUT2D eigenvalue weighted by molar-refractivity contribution is -0.140. The molecule has 2 saturated carbocycles. The zero-order chi connectivity index (χ0) is 13.3. The van der Waals surface area contributed by atoms with Crippen LogP contribution in [0.1, 0.15) is 26.2 Å². The summed E-state index contributed by atoms with van der Waals surface area (Å²) in [5.41, 5.74) is 6.16. The van der Waals surface area contributed by atoms with Crippen molar-refractivity contribution in [2.75, 3.05) is 14.2 Å². The lowest BCUT2D eigenvalue weighted by Gasteiger charge is -2.29. The predicted molar refractivity (Wildman–Crippen MR) is 67.7 cm³/mol. The minimum atomic E-state index is -0.413. The number of nitrogens with one attached hydrogen (secondary N) is 1. The molecule has 2 aliphatic carbocycles. The van der Waals surface area contributed by atoms with E-state index >= 15 is 0 Å². The molecule has 2 bridgehead atoms. The molecule has 5 atom stereocenters. The summed E-state index contributed by atoms with van der Waals surface area (Å²) in [4.78, 5) is 12.3. The average molecular weight is 256 g/mol. The van der Waals surface area contributed by atoms with E-state index in [2.05, 4.69) is 5.32 Å². The molecular formula is C13H24N2O3. The molecule has 0 saturated heterocycles. The number of methoxy groups -OCH3 is 2. The van der Waals surface area contributed by atoms with Crippen LogP contribution in [0.5, 0.6) is 0 Å². The Balaban J connectivity index is 1.92. The largest absolute Gasteiger partial charge is 0.354 e. The van der Waals surface area contributed by atoms with E-state index in [-0.39, 0.29) is 23.9 Å². The quantitative estimate of drug-likeness (QED) is 0.702. The molecule has 3 N–H and O–H groups in total. The Bertz CT molecular complexity index is 305. The van der Waals surface area contributed by atoms with Crippen molar-refractivity contribution >= 4 is 5.91 Å². The van der Waals surface area contributed by atoms with Gasteiger partial charge in [-0.3, -0.25) is 4.79 Å². The third-order valence-corrected chi connectivity index (χ3v) is 4.53. The van der Waals surface area contributed by atoms with E-state index in [0.29, 0.717) is 11.8 Å². The minimum absolute atomic E-state index is 0.0273. The number of hydrogen-bond acceptors (Lipinski definition) is 4. The van der Waals surface area contributed by atoms with E-state index < -0.39 is 6.29 Å². The van der Waals surface area contributed by atoms with Gasteiger partial charge in [-0.2, -0.15) is 0 Å². The third-order valence-electron chi connectivity index (χ3n) is 4.53. The second-order valence-corrected chi connectivity index (χ2v) is 5.57. The first-order valence-corrected chi connectivity index (χ1v) is 6.70. The van der Waals surface area contributed by atoms with Crippen LogP contribution in [0.25, 0.3) is 0 Å². The zero-order valence-electron chi connectivity index (χ0n) is 11.4. The van der Waals surface area contributed by atoms with E-state index in [9.17, 15) is 4.79 Å². The Morgan fingerprint density at radius 1 is 1.28 bits per heavy atom. The number of ether oxygens (including phenoxy) is 2. The predicted octanol–water partition coefficient (Wildman–Crippen LogP) is 0.483. The monoisotopic (exact) mass is 256 g/mol. The van der Waals surface area contributed by atoms with Crippen LogP contribution in [0.3, 0.4) is 0 Å². The van der Waals surface area contributed by atoms with Gasteiger partial charge in [-0.25, -0.2) is 0 Å². The smallest absolute Gasteiger partial charge is 0.225 e. The maximum atomic E-state index is 12.3. The summed E-state index contributed by atoms with van der Waals surface area (Å²) in [7, 11) is 3.14. The molecule has 5 unspecified atom stereocenters. The average Bonchev–Trinajstić information content (AvgIpc) is 2.90. The molecular weight excluding hydrogens is 232 g/mol. The van der Waals surface area contributed by atoms with Gasteiger partial charge in [0.25, 0.3) is 0 Å². The van der Waals surface area contributed by atoms with Crippen molar-refractivity contribution in [1.29, 1.82) is 0 Å². The highest BCUT2D eigenvalue weighted by Gasteiger charge is 2.49. The molecule has 1 amide bonds. The van der Waals surface area contributed by atoms with Crippen LogP contribution in [0.4, 0.5) is 0 Å². The molecule has 0 spiro atoms. The van der Waals surface area contributed by atoms with Crippen molar-refractivity contribution in [3.8, 4) is 0 Å². The van der Waals surface area contributed by atoms with Crippen LogP contribution >= 0.6 is 0 Å². The number of fused-ring (bicyclic) bond motifs is 2. The second kappa shape index (κ2) is 5.55. The summed E-state index contributed by atoms with van der Waals surface area (Å²) >= 11 is 0. The maximum absolute atomic E-state index is 12.3. The molecule has 0 heterocycles. The van der Waals surface area contributed by atoms with Crippen LogP contribution in [0, 0.1) is 17.8 Å². The molecule has 0 aromatic heterocycles. The molecule has 18 heavy (non-hydrogen) atoms. The Morgan fingerprint density at radius 3 is 2.39 bits per heavy atom. The minimum Gasteiger partial charge on any atom is -0.354 e. The van der Waals surface area contributed by atoms with E-state index in [0.717, 1.165) is 12.8 Å². The Kier molecular flexibility index (Phi) is 4.25. The Hall–Kier alpha value is -0.650. The van der Waals surface area contributed by atoms with Crippen LogP contribution < -0.4 is 11.1 Å². The van der Waals surface area contributed by atoms with Gasteiger partial charge in [0.2, 0.25) is 5.91 Å². The van der Waals surface area contributed by atoms with Crippen LogP contribution in [0.15, 0.2) is 0 Å². The number of nitrogens with two attached hydrogens (primary N) is 1. The first-order chi connectivity index (χ1) is 8.58. The van der Waals surface area contributed by atoms with Crippen LogP contribution in [0.2, 0.25) is 0 Å². The first-order valence-electron chi connectivity index (χ1n) is 6.70. The molecule has 2 rings (SSSR count). The van der Waals surface area contributed by atoms with E-state index in [1.54, 1.807) is 14.2 Å². The van der Waals surface area contributed by atoms with Gasteiger partial charge >= 0.3 is 0 Å². The fourth-order valence-electron chi connectivity index (χ4n) is 3.62. The number of hydrogen-bond donors (Lipinski definition) is 2. The van der Waals surface area contributed by atoms with Gasteiger partial charge < -0.3 is 20.5 Å². The highest BCUT2D eigenvalue weighted by molar-refractivity contribution is 5.80. The molecule has 5 nitrogen and oxygen atoms in total. The van der Waals surface area contributed by atoms with Crippen LogP contribution in [-0.4, -0.2) is 38.5 Å². The van der Waals surface area contributed by atoms with Gasteiger partial charge in [-0.15, -0.1) is 0 Å². The maximum Gasteiger partial charge on any atom is 0.225 e.